The van der Waals surface area contributed by atoms with Crippen molar-refractivity contribution >= 4 is 22.8 Å². The molecule has 7 nitrogen and oxygen atoms in total. The van der Waals surface area contributed by atoms with Crippen LogP contribution in [0.5, 0.6) is 0 Å². The monoisotopic (exact) mass is 467 g/mol. The van der Waals surface area contributed by atoms with Crippen LogP contribution in [0.4, 0.5) is 19.0 Å². The Bertz CT molecular complexity index is 1450. The van der Waals surface area contributed by atoms with Crippen LogP contribution in [0.1, 0.15) is 40.1 Å². The number of fused-ring (bicyclic) bond motifs is 1. The maximum Gasteiger partial charge on any atom is 0.416 e. The van der Waals surface area contributed by atoms with Crippen LogP contribution in [0.2, 0.25) is 0 Å². The summed E-state index contributed by atoms with van der Waals surface area (Å²) in [6.07, 6.45) is -3.18. The minimum Gasteiger partial charge on any atom is -0.384 e. The summed E-state index contributed by atoms with van der Waals surface area (Å²) in [7, 11) is 0. The van der Waals surface area contributed by atoms with Crippen LogP contribution in [0.25, 0.3) is 16.7 Å². The minimum atomic E-state index is -4.49. The maximum absolute atomic E-state index is 12.9. The fourth-order valence-electron chi connectivity index (χ4n) is 3.56. The number of amides is 1. The summed E-state index contributed by atoms with van der Waals surface area (Å²) < 4.78 is 40.0. The van der Waals surface area contributed by atoms with Gasteiger partial charge < -0.3 is 11.1 Å². The molecule has 4 rings (SSSR count). The Morgan fingerprint density at radius 1 is 1.12 bits per heavy atom. The fourth-order valence-corrected chi connectivity index (χ4v) is 3.56. The van der Waals surface area contributed by atoms with E-state index in [0.29, 0.717) is 22.5 Å². The summed E-state index contributed by atoms with van der Waals surface area (Å²) >= 11 is 0. The number of nitrogen functional groups attached to an aromatic ring is 1. The molecule has 3 aromatic heterocycles. The van der Waals surface area contributed by atoms with Crippen LogP contribution in [0.3, 0.4) is 0 Å². The average molecular weight is 467 g/mol. The Kier molecular flexibility index (Phi) is 5.82. The van der Waals surface area contributed by atoms with Crippen LogP contribution in [0, 0.1) is 6.92 Å². The van der Waals surface area contributed by atoms with Crippen LogP contribution in [-0.2, 0) is 6.18 Å². The Morgan fingerprint density at radius 3 is 2.47 bits per heavy atom. The number of carbonyl (C=O) groups excluding carboxylic acids is 1. The van der Waals surface area contributed by atoms with Gasteiger partial charge in [0.1, 0.15) is 11.5 Å². The van der Waals surface area contributed by atoms with E-state index in [-0.39, 0.29) is 16.9 Å². The quantitative estimate of drug-likeness (QED) is 0.469. The van der Waals surface area contributed by atoms with Crippen molar-refractivity contribution in [3.05, 3.63) is 93.5 Å². The molecule has 3 heterocycles. The summed E-state index contributed by atoms with van der Waals surface area (Å²) in [4.78, 5) is 34.1. The molecule has 0 saturated heterocycles. The smallest absolute Gasteiger partial charge is 0.384 e. The second-order valence-electron chi connectivity index (χ2n) is 7.83. The topological polar surface area (TPSA) is 103 Å². The molecule has 0 saturated carbocycles. The van der Waals surface area contributed by atoms with E-state index in [4.69, 9.17) is 5.73 Å². The summed E-state index contributed by atoms with van der Waals surface area (Å²) in [5.41, 5.74) is 6.11. The first-order valence-corrected chi connectivity index (χ1v) is 10.3. The van der Waals surface area contributed by atoms with Gasteiger partial charge in [-0.1, -0.05) is 6.07 Å². The molecule has 1 atom stereocenters. The third kappa shape index (κ3) is 4.47. The van der Waals surface area contributed by atoms with Gasteiger partial charge >= 0.3 is 6.18 Å². The number of anilines is 1. The lowest BCUT2D eigenvalue weighted by atomic mass is 10.1. The zero-order chi connectivity index (χ0) is 24.6. The van der Waals surface area contributed by atoms with E-state index in [9.17, 15) is 22.8 Å². The molecule has 1 amide bonds. The van der Waals surface area contributed by atoms with Gasteiger partial charge in [-0.3, -0.25) is 14.2 Å². The normalized spacial score (nSPS) is 12.5. The number of nitrogens with zero attached hydrogens (tertiary/aromatic N) is 3. The number of nitrogens with one attached hydrogen (secondary N) is 1. The highest BCUT2D eigenvalue weighted by Gasteiger charge is 2.30. The number of hydrogen-bond acceptors (Lipinski definition) is 5. The molecule has 34 heavy (non-hydrogen) atoms. The third-order valence-electron chi connectivity index (χ3n) is 5.32. The zero-order valence-electron chi connectivity index (χ0n) is 18.2. The Morgan fingerprint density at radius 2 is 1.82 bits per heavy atom. The van der Waals surface area contributed by atoms with Gasteiger partial charge in [0.25, 0.3) is 11.5 Å². The number of pyridine rings is 3. The number of halogens is 3. The first kappa shape index (κ1) is 23.0. The Labute approximate surface area is 192 Å². The molecule has 0 aliphatic rings. The van der Waals surface area contributed by atoms with Gasteiger partial charge in [-0.2, -0.15) is 13.2 Å². The van der Waals surface area contributed by atoms with Gasteiger partial charge in [0.05, 0.1) is 28.6 Å². The average Bonchev–Trinajstić information content (AvgIpc) is 2.79. The van der Waals surface area contributed by atoms with Crippen LogP contribution < -0.4 is 16.6 Å². The predicted octanol–water partition coefficient (Wildman–Crippen LogP) is 4.18. The second kappa shape index (κ2) is 8.62. The van der Waals surface area contributed by atoms with E-state index in [1.807, 2.05) is 0 Å². The molecule has 10 heteroatoms. The lowest BCUT2D eigenvalue weighted by Crippen LogP contribution is -2.28. The number of aromatic nitrogens is 3. The number of aryl methyl sites for hydroxylation is 1. The third-order valence-corrected chi connectivity index (χ3v) is 5.32. The van der Waals surface area contributed by atoms with Crippen molar-refractivity contribution in [1.29, 1.82) is 0 Å². The highest BCUT2D eigenvalue weighted by molar-refractivity contribution is 5.97. The van der Waals surface area contributed by atoms with Gasteiger partial charge in [0.15, 0.2) is 0 Å². The number of nitrogens with two attached hydrogens (primary N) is 1. The molecule has 4 aromatic rings. The van der Waals surface area contributed by atoms with Crippen molar-refractivity contribution in [2.45, 2.75) is 26.1 Å². The molecule has 1 aromatic carbocycles. The van der Waals surface area contributed by atoms with Gasteiger partial charge in [-0.05, 0) is 62.4 Å². The Balaban J connectivity index is 1.70. The molecule has 3 N–H and O–H groups in total. The fraction of sp³-hybridized carbons (Fsp3) is 0.167. The number of hydrogen-bond donors (Lipinski definition) is 2. The molecule has 0 aliphatic carbocycles. The molecule has 0 bridgehead atoms. The lowest BCUT2D eigenvalue weighted by molar-refractivity contribution is -0.137. The van der Waals surface area contributed by atoms with E-state index in [1.165, 1.54) is 22.9 Å². The summed E-state index contributed by atoms with van der Waals surface area (Å²) in [6.45, 7) is 3.35. The summed E-state index contributed by atoms with van der Waals surface area (Å²) in [5, 5.41) is 3.31. The van der Waals surface area contributed by atoms with Gasteiger partial charge in [-0.15, -0.1) is 0 Å². The number of rotatable bonds is 4. The van der Waals surface area contributed by atoms with Crippen molar-refractivity contribution < 1.29 is 18.0 Å². The number of benzene rings is 1. The molecule has 0 spiro atoms. The van der Waals surface area contributed by atoms with E-state index in [0.717, 1.165) is 12.1 Å². The van der Waals surface area contributed by atoms with Crippen LogP contribution >= 0.6 is 0 Å². The van der Waals surface area contributed by atoms with Gasteiger partial charge in [-0.25, -0.2) is 9.97 Å². The second-order valence-corrected chi connectivity index (χ2v) is 7.83. The standard InChI is InChI=1S/C24H20F3N5O2/c1-13-10-15-11-16(22(33)30-14(2)19-4-3-5-20(28)31-19)12-29-21(15)32(23(13)34)18-8-6-17(7-9-18)24(25,26)27/h3-12,14H,1-2H3,(H2,28,31)(H,30,33)/t14-/m0/s1. The molecular weight excluding hydrogens is 447 g/mol. The number of carbonyl (C=O) groups is 1. The number of alkyl halides is 3. The van der Waals surface area contributed by atoms with E-state index in [1.54, 1.807) is 44.2 Å². The minimum absolute atomic E-state index is 0.220. The first-order valence-electron chi connectivity index (χ1n) is 10.3. The molecule has 0 radical (unpaired) electrons. The van der Waals surface area contributed by atoms with Gasteiger partial charge in [0, 0.05) is 17.1 Å². The summed E-state index contributed by atoms with van der Waals surface area (Å²) in [6, 6.07) is 12.1. The molecular formula is C24H20F3N5O2. The highest BCUT2D eigenvalue weighted by Crippen LogP contribution is 2.30. The van der Waals surface area contributed by atoms with Crippen molar-refractivity contribution in [3.63, 3.8) is 0 Å². The SMILES string of the molecule is Cc1cc2cc(C(=O)N[C@@H](C)c3cccc(N)n3)cnc2n(-c2ccc(C(F)(F)F)cc2)c1=O. The van der Waals surface area contributed by atoms with Crippen LogP contribution in [0.15, 0.2) is 65.6 Å². The predicted molar refractivity (Wildman–Crippen MR) is 122 cm³/mol. The van der Waals surface area contributed by atoms with E-state index in [2.05, 4.69) is 15.3 Å². The van der Waals surface area contributed by atoms with Crippen molar-refractivity contribution in [3.8, 4) is 5.69 Å². The van der Waals surface area contributed by atoms with E-state index < -0.39 is 29.2 Å². The molecule has 0 unspecified atom stereocenters. The van der Waals surface area contributed by atoms with E-state index >= 15 is 0 Å². The van der Waals surface area contributed by atoms with Gasteiger partial charge in [0.2, 0.25) is 0 Å². The maximum atomic E-state index is 12.9. The first-order chi connectivity index (χ1) is 16.0. The van der Waals surface area contributed by atoms with Crippen molar-refractivity contribution in [1.82, 2.24) is 19.9 Å². The highest BCUT2D eigenvalue weighted by atomic mass is 19.4. The molecule has 0 aliphatic heterocycles. The molecule has 0 fully saturated rings. The largest absolute Gasteiger partial charge is 0.416 e. The van der Waals surface area contributed by atoms with Crippen molar-refractivity contribution in [2.24, 2.45) is 0 Å². The lowest BCUT2D eigenvalue weighted by Gasteiger charge is -2.15. The zero-order valence-corrected chi connectivity index (χ0v) is 18.2. The summed E-state index contributed by atoms with van der Waals surface area (Å²) in [5.74, 6) is -0.0706. The van der Waals surface area contributed by atoms with Crippen LogP contribution in [-0.4, -0.2) is 20.4 Å². The Hall–Kier alpha value is -4.21. The van der Waals surface area contributed by atoms with Crippen molar-refractivity contribution in [2.75, 3.05) is 5.73 Å². The molecule has 174 valence electrons.